The van der Waals surface area contributed by atoms with E-state index in [1.807, 2.05) is 11.9 Å². The number of hydrogen-bond acceptors (Lipinski definition) is 6. The van der Waals surface area contributed by atoms with Crippen molar-refractivity contribution in [1.29, 1.82) is 0 Å². The van der Waals surface area contributed by atoms with Gasteiger partial charge in [-0.25, -0.2) is 0 Å². The molecule has 0 aliphatic rings. The SMILES string of the molecule is CN(CCCC#Cc1ccc(NC(=O)C(F)(F)F)cc1)C[C@H](OS)c1ccc(O)c2[nH]c(=O)ccc12. The molecule has 1 heterocycles. The number of hydrogen-bond donors (Lipinski definition) is 4. The summed E-state index contributed by atoms with van der Waals surface area (Å²) in [4.78, 5) is 27.3. The van der Waals surface area contributed by atoms with Crippen LogP contribution in [0.15, 0.2) is 53.3 Å². The van der Waals surface area contributed by atoms with Gasteiger partial charge in [0.2, 0.25) is 5.56 Å². The molecule has 36 heavy (non-hydrogen) atoms. The van der Waals surface area contributed by atoms with Crippen molar-refractivity contribution in [2.24, 2.45) is 0 Å². The number of likely N-dealkylation sites (N-methyl/N-ethyl adjacent to an activating group) is 1. The van der Waals surface area contributed by atoms with E-state index in [-0.39, 0.29) is 17.0 Å². The Morgan fingerprint density at radius 1 is 1.19 bits per heavy atom. The number of halogens is 3. The first-order valence-electron chi connectivity index (χ1n) is 10.9. The number of unbranched alkanes of at least 4 members (excludes halogenated alkanes) is 1. The number of nitrogens with one attached hydrogen (secondary N) is 2. The number of carbonyl (C=O) groups excluding carboxylic acids is 1. The Hall–Kier alpha value is -3.46. The molecule has 0 spiro atoms. The van der Waals surface area contributed by atoms with Gasteiger partial charge in [0.1, 0.15) is 11.9 Å². The molecule has 0 aliphatic heterocycles. The Balaban J connectivity index is 1.52. The zero-order chi connectivity index (χ0) is 26.3. The summed E-state index contributed by atoms with van der Waals surface area (Å²) in [6.45, 7) is 1.21. The molecule has 0 bridgehead atoms. The van der Waals surface area contributed by atoms with Gasteiger partial charge in [-0.3, -0.25) is 9.59 Å². The van der Waals surface area contributed by atoms with Gasteiger partial charge in [0.25, 0.3) is 0 Å². The van der Waals surface area contributed by atoms with E-state index in [0.717, 1.165) is 12.0 Å². The highest BCUT2D eigenvalue weighted by atomic mass is 32.1. The molecule has 3 rings (SSSR count). The molecule has 0 unspecified atom stereocenters. The fourth-order valence-corrected chi connectivity index (χ4v) is 3.72. The van der Waals surface area contributed by atoms with Crippen LogP contribution in [0.25, 0.3) is 10.9 Å². The average Bonchev–Trinajstić information content (AvgIpc) is 2.83. The zero-order valence-corrected chi connectivity index (χ0v) is 20.1. The highest BCUT2D eigenvalue weighted by Gasteiger charge is 2.38. The number of anilines is 1. The van der Waals surface area contributed by atoms with Gasteiger partial charge in [0, 0.05) is 35.7 Å². The van der Waals surface area contributed by atoms with Crippen LogP contribution in [-0.4, -0.2) is 47.2 Å². The van der Waals surface area contributed by atoms with Crippen LogP contribution in [0.1, 0.15) is 30.1 Å². The minimum Gasteiger partial charge on any atom is -0.506 e. The molecule has 1 amide bonds. The first kappa shape index (κ1) is 27.1. The number of fused-ring (bicyclic) bond motifs is 1. The monoisotopic (exact) mass is 519 g/mol. The lowest BCUT2D eigenvalue weighted by Gasteiger charge is -2.23. The lowest BCUT2D eigenvalue weighted by atomic mass is 10.0. The third kappa shape index (κ3) is 7.27. The minimum atomic E-state index is -4.94. The fraction of sp³-hybridized carbons (Fsp3) is 0.280. The Kier molecular flexibility index (Phi) is 9.03. The van der Waals surface area contributed by atoms with E-state index in [9.17, 15) is 27.9 Å². The number of amides is 1. The standard InChI is InChI=1S/C25H24F3N3O4S/c1-31(15-21(35-36)18-10-12-20(32)23-19(18)11-13-22(33)30-23)14-4-2-3-5-16-6-8-17(9-7-16)29-24(34)25(26,27)28/h6-13,21,32,36H,2,4,14-15H2,1H3,(H,29,34)(H,30,33)/t21-/m0/s1. The van der Waals surface area contributed by atoms with Crippen LogP contribution >= 0.6 is 12.9 Å². The molecule has 7 nitrogen and oxygen atoms in total. The number of phenols is 1. The van der Waals surface area contributed by atoms with Gasteiger partial charge < -0.3 is 24.5 Å². The quantitative estimate of drug-likeness (QED) is 0.153. The minimum absolute atomic E-state index is 0.0306. The molecular weight excluding hydrogens is 495 g/mol. The Bertz CT molecular complexity index is 1330. The smallest absolute Gasteiger partial charge is 0.471 e. The predicted octanol–water partition coefficient (Wildman–Crippen LogP) is 4.40. The van der Waals surface area contributed by atoms with E-state index in [2.05, 4.69) is 29.7 Å². The number of benzene rings is 2. The van der Waals surface area contributed by atoms with Crippen LogP contribution in [0.5, 0.6) is 5.75 Å². The lowest BCUT2D eigenvalue weighted by molar-refractivity contribution is -0.167. The Labute approximate surface area is 210 Å². The number of nitrogens with zero attached hydrogens (tertiary/aromatic N) is 1. The van der Waals surface area contributed by atoms with Crippen LogP contribution < -0.4 is 10.9 Å². The van der Waals surface area contributed by atoms with Crippen LogP contribution in [0.4, 0.5) is 18.9 Å². The van der Waals surface area contributed by atoms with Gasteiger partial charge in [-0.15, -0.1) is 0 Å². The summed E-state index contributed by atoms with van der Waals surface area (Å²) in [5, 5.41) is 12.5. The highest BCUT2D eigenvalue weighted by molar-refractivity contribution is 7.75. The van der Waals surface area contributed by atoms with E-state index >= 15 is 0 Å². The summed E-state index contributed by atoms with van der Waals surface area (Å²) < 4.78 is 42.3. The third-order valence-electron chi connectivity index (χ3n) is 5.33. The van der Waals surface area contributed by atoms with Crippen LogP contribution in [0.3, 0.4) is 0 Å². The van der Waals surface area contributed by atoms with Crippen molar-refractivity contribution >= 4 is 35.4 Å². The van der Waals surface area contributed by atoms with Crippen molar-refractivity contribution in [3.05, 3.63) is 70.0 Å². The molecule has 0 saturated carbocycles. The number of rotatable bonds is 8. The fourth-order valence-electron chi connectivity index (χ4n) is 3.54. The van der Waals surface area contributed by atoms with Gasteiger partial charge in [0.15, 0.2) is 0 Å². The number of alkyl halides is 3. The molecule has 190 valence electrons. The van der Waals surface area contributed by atoms with E-state index in [1.54, 1.807) is 17.4 Å². The second-order valence-electron chi connectivity index (χ2n) is 8.08. The first-order chi connectivity index (χ1) is 17.1. The second-order valence-corrected chi connectivity index (χ2v) is 8.29. The summed E-state index contributed by atoms with van der Waals surface area (Å²) >= 11 is 4.02. The van der Waals surface area contributed by atoms with Gasteiger partial charge in [-0.1, -0.05) is 17.9 Å². The van der Waals surface area contributed by atoms with Gasteiger partial charge in [0.05, 0.1) is 5.52 Å². The van der Waals surface area contributed by atoms with Crippen molar-refractivity contribution in [2.75, 3.05) is 25.5 Å². The Morgan fingerprint density at radius 2 is 1.92 bits per heavy atom. The van der Waals surface area contributed by atoms with Gasteiger partial charge >= 0.3 is 12.1 Å². The van der Waals surface area contributed by atoms with E-state index in [1.165, 1.54) is 36.4 Å². The molecular formula is C25H24F3N3O4S. The number of carbonyl (C=O) groups is 1. The maximum absolute atomic E-state index is 12.3. The van der Waals surface area contributed by atoms with Gasteiger partial charge in [-0.2, -0.15) is 13.2 Å². The molecule has 3 N–H and O–H groups in total. The number of aromatic amines is 1. The molecule has 0 aliphatic carbocycles. The van der Waals surface area contributed by atoms with E-state index < -0.39 is 18.2 Å². The molecule has 0 radical (unpaired) electrons. The number of aromatic hydroxyl groups is 1. The first-order valence-corrected chi connectivity index (χ1v) is 11.3. The molecule has 3 aromatic rings. The van der Waals surface area contributed by atoms with Crippen molar-refractivity contribution in [3.63, 3.8) is 0 Å². The summed E-state index contributed by atoms with van der Waals surface area (Å²) in [5.41, 5.74) is 1.45. The van der Waals surface area contributed by atoms with Crippen molar-refractivity contribution < 1.29 is 27.3 Å². The normalized spacial score (nSPS) is 12.3. The largest absolute Gasteiger partial charge is 0.506 e. The highest BCUT2D eigenvalue weighted by Crippen LogP contribution is 2.31. The molecule has 0 saturated heterocycles. The lowest BCUT2D eigenvalue weighted by Crippen LogP contribution is -2.29. The Morgan fingerprint density at radius 3 is 2.58 bits per heavy atom. The molecule has 1 aromatic heterocycles. The average molecular weight is 520 g/mol. The molecule has 11 heteroatoms. The number of H-pyrrole nitrogens is 1. The predicted molar refractivity (Wildman–Crippen MR) is 134 cm³/mol. The molecule has 0 fully saturated rings. The maximum atomic E-state index is 12.3. The molecule has 2 aromatic carbocycles. The third-order valence-corrected chi connectivity index (χ3v) is 5.59. The van der Waals surface area contributed by atoms with Crippen LogP contribution in [-0.2, 0) is 8.98 Å². The zero-order valence-electron chi connectivity index (χ0n) is 19.2. The second kappa shape index (κ2) is 12.0. The van der Waals surface area contributed by atoms with Crippen molar-refractivity contribution in [1.82, 2.24) is 9.88 Å². The number of phenolic OH excluding ortho intramolecular Hbond substituents is 1. The van der Waals surface area contributed by atoms with Crippen molar-refractivity contribution in [3.8, 4) is 17.6 Å². The number of aromatic nitrogens is 1. The summed E-state index contributed by atoms with van der Waals surface area (Å²) in [7, 11) is 1.92. The summed E-state index contributed by atoms with van der Waals surface area (Å²) in [6, 6.07) is 12.0. The molecule has 1 atom stereocenters. The van der Waals surface area contributed by atoms with Crippen LogP contribution in [0.2, 0.25) is 0 Å². The summed E-state index contributed by atoms with van der Waals surface area (Å²) in [6.07, 6.45) is -4.02. The topological polar surface area (TPSA) is 94.7 Å². The number of pyridine rings is 1. The van der Waals surface area contributed by atoms with Gasteiger partial charge in [-0.05, 0) is 74.9 Å². The van der Waals surface area contributed by atoms with Crippen LogP contribution in [0, 0.1) is 11.8 Å². The number of thiol groups is 1. The van der Waals surface area contributed by atoms with E-state index in [4.69, 9.17) is 4.18 Å². The van der Waals surface area contributed by atoms with E-state index in [0.29, 0.717) is 36.0 Å². The maximum Gasteiger partial charge on any atom is 0.471 e. The van der Waals surface area contributed by atoms with Crippen molar-refractivity contribution in [2.45, 2.75) is 25.1 Å². The summed E-state index contributed by atoms with van der Waals surface area (Å²) in [5.74, 6) is 3.91.